The molecule has 0 N–H and O–H groups in total. The standard InChI is InChI=1S/C79H78BNSSi4/c1-83(2,3)65-45-59(46-66(53-65)84(4,5)6)57-41-43-73-71(49-57)80-72-50-58(60-47-67(85(7,8)9)54-68(48-60)86(10,11)12)42-44-75(72)82-76-52-64(79(61-33-22-15-23-34-61,62-35-24-16-25-36-62)63-37-26-17-27-38-63)51-74(77(76)80)81(73)78-69(55-29-18-13-19-30-55)39-28-40-70(78)56-31-20-14-21-32-56/h13-54H,1-12H3. The van der Waals surface area contributed by atoms with E-state index in [0.717, 1.165) is 0 Å². The fraction of sp³-hybridized carbons (Fsp3) is 0.165. The molecule has 0 saturated heterocycles. The molecule has 0 amide bonds. The highest BCUT2D eigenvalue weighted by molar-refractivity contribution is 8.00. The lowest BCUT2D eigenvalue weighted by atomic mass is 9.34. The SMILES string of the molecule is C[Si](C)(C)c1cc(-c2ccc3c(c2)B2c4cc(-c5cc([Si](C)(C)C)cc([Si](C)(C)C)c5)ccc4N(c4c(-c5ccccc5)cccc4-c4ccccc4)c4cc(C(c5ccccc5)(c5ccccc5)c5ccccc5)cc(c42)S3)cc([Si](C)(C)C)c1. The molecule has 11 aromatic carbocycles. The van der Waals surface area contributed by atoms with E-state index >= 15 is 0 Å². The summed E-state index contributed by atoms with van der Waals surface area (Å²) in [5, 5.41) is 6.12. The summed E-state index contributed by atoms with van der Waals surface area (Å²) in [6.07, 6.45) is 0. The van der Waals surface area contributed by atoms with E-state index in [1.165, 1.54) is 131 Å². The van der Waals surface area contributed by atoms with E-state index in [1.54, 1.807) is 0 Å². The van der Waals surface area contributed by atoms with Gasteiger partial charge in [0, 0.05) is 32.3 Å². The van der Waals surface area contributed by atoms with Crippen LogP contribution in [0.3, 0.4) is 0 Å². The van der Waals surface area contributed by atoms with Crippen LogP contribution in [-0.2, 0) is 5.41 Å². The van der Waals surface area contributed by atoms with Crippen molar-refractivity contribution in [3.05, 3.63) is 277 Å². The van der Waals surface area contributed by atoms with Crippen molar-refractivity contribution in [3.8, 4) is 44.5 Å². The van der Waals surface area contributed by atoms with Gasteiger partial charge < -0.3 is 4.90 Å². The zero-order valence-electron chi connectivity index (χ0n) is 52.2. The zero-order valence-corrected chi connectivity index (χ0v) is 57.0. The number of rotatable bonds is 13. The Morgan fingerprint density at radius 3 is 1.12 bits per heavy atom. The van der Waals surface area contributed by atoms with Crippen molar-refractivity contribution in [2.45, 2.75) is 93.8 Å². The van der Waals surface area contributed by atoms with E-state index in [-0.39, 0.29) is 6.71 Å². The lowest BCUT2D eigenvalue weighted by Crippen LogP contribution is -2.60. The summed E-state index contributed by atoms with van der Waals surface area (Å²) >= 11 is 1.96. The summed E-state index contributed by atoms with van der Waals surface area (Å²) in [4.78, 5) is 5.32. The first-order valence-electron chi connectivity index (χ1n) is 30.8. The van der Waals surface area contributed by atoms with Crippen LogP contribution in [0.15, 0.2) is 265 Å². The van der Waals surface area contributed by atoms with Crippen LogP contribution in [0.4, 0.5) is 17.1 Å². The minimum absolute atomic E-state index is 0.0895. The molecule has 0 fully saturated rings. The number of anilines is 3. The second kappa shape index (κ2) is 22.0. The maximum atomic E-state index is 2.72. The Bertz CT molecular complexity index is 4130. The minimum atomic E-state index is -1.73. The van der Waals surface area contributed by atoms with E-state index in [9.17, 15) is 0 Å². The zero-order chi connectivity index (χ0) is 59.9. The van der Waals surface area contributed by atoms with Crippen LogP contribution in [0.1, 0.15) is 22.3 Å². The summed E-state index contributed by atoms with van der Waals surface area (Å²) < 4.78 is 0. The van der Waals surface area contributed by atoms with E-state index in [1.807, 2.05) is 11.8 Å². The fourth-order valence-electron chi connectivity index (χ4n) is 13.4. The van der Waals surface area contributed by atoms with E-state index in [2.05, 4.69) is 338 Å². The topological polar surface area (TPSA) is 3.24 Å². The Morgan fingerprint density at radius 2 is 0.698 bits per heavy atom. The van der Waals surface area contributed by atoms with Crippen molar-refractivity contribution in [2.24, 2.45) is 0 Å². The van der Waals surface area contributed by atoms with Gasteiger partial charge in [-0.2, -0.15) is 0 Å². The number of benzene rings is 11. The molecular weight excluding hydrogens is 1120 g/mol. The molecule has 0 spiro atoms. The average Bonchev–Trinajstić information content (AvgIpc) is 0.725. The van der Waals surface area contributed by atoms with Crippen LogP contribution < -0.4 is 42.0 Å². The first-order valence-corrected chi connectivity index (χ1v) is 45.7. The van der Waals surface area contributed by atoms with E-state index in [0.29, 0.717) is 0 Å². The molecule has 86 heavy (non-hydrogen) atoms. The molecule has 2 aliphatic heterocycles. The molecule has 11 aromatic rings. The Kier molecular flexibility index (Phi) is 14.7. The third-order valence-electron chi connectivity index (χ3n) is 18.2. The quantitative estimate of drug-likeness (QED) is 0.0836. The van der Waals surface area contributed by atoms with Gasteiger partial charge in [-0.1, -0.05) is 347 Å². The molecule has 0 aliphatic carbocycles. The number of fused-ring (bicyclic) bond motifs is 4. The van der Waals surface area contributed by atoms with Crippen molar-refractivity contribution >= 4 is 105 Å². The minimum Gasteiger partial charge on any atom is -0.310 e. The van der Waals surface area contributed by atoms with Gasteiger partial charge in [0.05, 0.1) is 43.4 Å². The van der Waals surface area contributed by atoms with Crippen LogP contribution in [0.25, 0.3) is 44.5 Å². The summed E-state index contributed by atoms with van der Waals surface area (Å²) in [6.45, 7) is 30.0. The van der Waals surface area contributed by atoms with Crippen molar-refractivity contribution in [1.82, 2.24) is 0 Å². The summed E-state index contributed by atoms with van der Waals surface area (Å²) in [7, 11) is -6.86. The van der Waals surface area contributed by atoms with Crippen LogP contribution >= 0.6 is 11.8 Å². The number of nitrogens with zero attached hydrogens (tertiary/aromatic N) is 1. The van der Waals surface area contributed by atoms with Crippen LogP contribution in [0, 0.1) is 0 Å². The Labute approximate surface area is 521 Å². The van der Waals surface area contributed by atoms with E-state index < -0.39 is 37.7 Å². The van der Waals surface area contributed by atoms with Gasteiger partial charge in [-0.25, -0.2) is 0 Å². The second-order valence-corrected chi connectivity index (χ2v) is 49.6. The Balaban J connectivity index is 1.19. The van der Waals surface area contributed by atoms with Crippen LogP contribution in [0.2, 0.25) is 78.6 Å². The highest BCUT2D eigenvalue weighted by atomic mass is 32.2. The lowest BCUT2D eigenvalue weighted by Gasteiger charge is -2.44. The molecule has 0 radical (unpaired) electrons. The third kappa shape index (κ3) is 10.4. The molecule has 0 atom stereocenters. The van der Waals surface area contributed by atoms with Gasteiger partial charge in [-0.3, -0.25) is 0 Å². The summed E-state index contributed by atoms with van der Waals surface area (Å²) in [6, 6.07) is 98.8. The molecule has 0 saturated carbocycles. The number of hydrogen-bond acceptors (Lipinski definition) is 2. The van der Waals surface area contributed by atoms with Gasteiger partial charge in [0.15, 0.2) is 0 Å². The molecule has 13 rings (SSSR count). The predicted molar refractivity (Wildman–Crippen MR) is 388 cm³/mol. The second-order valence-electron chi connectivity index (χ2n) is 28.2. The van der Waals surface area contributed by atoms with Gasteiger partial charge in [-0.15, -0.1) is 0 Å². The van der Waals surface area contributed by atoms with E-state index in [4.69, 9.17) is 0 Å². The fourth-order valence-corrected chi connectivity index (χ4v) is 19.6. The Morgan fingerprint density at radius 1 is 0.302 bits per heavy atom. The van der Waals surface area contributed by atoms with Crippen LogP contribution in [0.5, 0.6) is 0 Å². The third-order valence-corrected chi connectivity index (χ3v) is 27.5. The Hall–Kier alpha value is -7.50. The average molecular weight is 1200 g/mol. The van der Waals surface area contributed by atoms with Gasteiger partial charge in [-0.05, 0) is 90.8 Å². The molecule has 2 aliphatic rings. The number of para-hydroxylation sites is 1. The molecule has 1 nitrogen and oxygen atoms in total. The largest absolute Gasteiger partial charge is 0.310 e. The first-order chi connectivity index (χ1) is 41.2. The summed E-state index contributed by atoms with van der Waals surface area (Å²) in [5.41, 5.74) is 21.9. The van der Waals surface area contributed by atoms with Crippen molar-refractivity contribution in [1.29, 1.82) is 0 Å². The van der Waals surface area contributed by atoms with Crippen molar-refractivity contribution in [3.63, 3.8) is 0 Å². The first kappa shape index (κ1) is 57.6. The van der Waals surface area contributed by atoms with Crippen molar-refractivity contribution < 1.29 is 0 Å². The molecule has 0 bridgehead atoms. The van der Waals surface area contributed by atoms with Gasteiger partial charge in [0.1, 0.15) is 0 Å². The molecule has 0 aromatic heterocycles. The smallest absolute Gasteiger partial charge is 0.249 e. The molecular formula is C79H78BNSSi4. The van der Waals surface area contributed by atoms with Crippen molar-refractivity contribution in [2.75, 3.05) is 4.90 Å². The maximum absolute atomic E-state index is 2.72. The van der Waals surface area contributed by atoms with Gasteiger partial charge >= 0.3 is 0 Å². The lowest BCUT2D eigenvalue weighted by molar-refractivity contribution is 0.743. The summed E-state index contributed by atoms with van der Waals surface area (Å²) in [5.74, 6) is 0. The molecule has 2 heterocycles. The highest BCUT2D eigenvalue weighted by Gasteiger charge is 2.46. The molecule has 0 unspecified atom stereocenters. The number of hydrogen-bond donors (Lipinski definition) is 0. The van der Waals surface area contributed by atoms with Gasteiger partial charge in [0.25, 0.3) is 0 Å². The normalized spacial score (nSPS) is 13.3. The van der Waals surface area contributed by atoms with Crippen LogP contribution in [-0.4, -0.2) is 39.0 Å². The molecule has 7 heteroatoms. The predicted octanol–water partition coefficient (Wildman–Crippen LogP) is 17.7. The highest BCUT2D eigenvalue weighted by Crippen LogP contribution is 2.53. The maximum Gasteiger partial charge on any atom is 0.249 e. The monoisotopic (exact) mass is 1200 g/mol. The van der Waals surface area contributed by atoms with Gasteiger partial charge in [0.2, 0.25) is 6.71 Å². The molecule has 424 valence electrons.